The first-order valence-corrected chi connectivity index (χ1v) is 6.00. The van der Waals surface area contributed by atoms with Gasteiger partial charge in [0, 0.05) is 10.8 Å². The number of nitrogens with two attached hydrogens (primary N) is 1. The number of thiophene rings is 1. The molecule has 0 aliphatic carbocycles. The molecule has 0 spiro atoms. The summed E-state index contributed by atoms with van der Waals surface area (Å²) in [6, 6.07) is 10.2. The Morgan fingerprint density at radius 2 is 2.18 bits per heavy atom. The molecule has 0 radical (unpaired) electrons. The van der Waals surface area contributed by atoms with Crippen LogP contribution < -0.4 is 5.73 Å². The van der Waals surface area contributed by atoms with Crippen molar-refractivity contribution in [1.82, 2.24) is 4.98 Å². The van der Waals surface area contributed by atoms with Crippen LogP contribution >= 0.6 is 11.3 Å². The van der Waals surface area contributed by atoms with Gasteiger partial charge >= 0.3 is 0 Å². The molecule has 3 aromatic rings. The van der Waals surface area contributed by atoms with Gasteiger partial charge in [0.15, 0.2) is 0 Å². The molecule has 3 nitrogen and oxygen atoms in total. The largest absolute Gasteiger partial charge is 0.396 e. The first-order valence-electron chi connectivity index (χ1n) is 5.18. The predicted octanol–water partition coefficient (Wildman–Crippen LogP) is 3.21. The Kier molecular flexibility index (Phi) is 2.03. The lowest BCUT2D eigenvalue weighted by molar-refractivity contribution is 1.46. The lowest BCUT2D eigenvalue weighted by Gasteiger charge is -1.99. The predicted molar refractivity (Wildman–Crippen MR) is 71.0 cm³/mol. The molecule has 0 saturated heterocycles. The van der Waals surface area contributed by atoms with E-state index in [-0.39, 0.29) is 0 Å². The van der Waals surface area contributed by atoms with E-state index in [1.54, 1.807) is 0 Å². The molecule has 3 rings (SSSR count). The van der Waals surface area contributed by atoms with E-state index in [1.165, 1.54) is 16.9 Å². The van der Waals surface area contributed by atoms with Crippen LogP contribution in [-0.2, 0) is 0 Å². The van der Waals surface area contributed by atoms with Crippen LogP contribution in [0.15, 0.2) is 24.3 Å². The average molecular weight is 239 g/mol. The van der Waals surface area contributed by atoms with Gasteiger partial charge < -0.3 is 5.73 Å². The van der Waals surface area contributed by atoms with Crippen LogP contribution in [0.2, 0.25) is 0 Å². The van der Waals surface area contributed by atoms with Crippen molar-refractivity contribution in [2.75, 3.05) is 5.73 Å². The molecule has 0 atom stereocenters. The quantitative estimate of drug-likeness (QED) is 0.655. The molecule has 0 fully saturated rings. The van der Waals surface area contributed by atoms with E-state index in [4.69, 9.17) is 11.0 Å². The molecule has 0 aliphatic rings. The maximum absolute atomic E-state index is 8.95. The lowest BCUT2D eigenvalue weighted by atomic mass is 10.1. The third-order valence-corrected chi connectivity index (χ3v) is 3.79. The minimum atomic E-state index is 0.541. The highest BCUT2D eigenvalue weighted by Crippen LogP contribution is 2.33. The van der Waals surface area contributed by atoms with Crippen molar-refractivity contribution >= 4 is 38.1 Å². The van der Waals surface area contributed by atoms with Gasteiger partial charge in [-0.3, -0.25) is 0 Å². The number of nitrogens with zero attached hydrogens (tertiary/aromatic N) is 2. The number of aryl methyl sites for hydroxylation is 1. The Labute approximate surface area is 102 Å². The molecule has 4 heteroatoms. The number of nitriles is 1. The summed E-state index contributed by atoms with van der Waals surface area (Å²) in [4.78, 5) is 5.93. The number of aromatic nitrogens is 1. The smallest absolute Gasteiger partial charge is 0.130 e. The summed E-state index contributed by atoms with van der Waals surface area (Å²) in [5.41, 5.74) is 8.59. The molecule has 0 saturated carbocycles. The molecule has 2 aromatic heterocycles. The highest BCUT2D eigenvalue weighted by molar-refractivity contribution is 7.19. The van der Waals surface area contributed by atoms with Gasteiger partial charge in [0.2, 0.25) is 0 Å². The first-order chi connectivity index (χ1) is 8.19. The number of benzene rings is 1. The third-order valence-electron chi connectivity index (χ3n) is 2.77. The molecule has 0 bridgehead atoms. The maximum atomic E-state index is 8.95. The third kappa shape index (κ3) is 1.44. The van der Waals surface area contributed by atoms with Crippen molar-refractivity contribution in [3.8, 4) is 6.07 Å². The monoisotopic (exact) mass is 239 g/mol. The molecule has 0 amide bonds. The van der Waals surface area contributed by atoms with E-state index >= 15 is 0 Å². The molecule has 17 heavy (non-hydrogen) atoms. The Bertz CT molecular complexity index is 781. The fourth-order valence-corrected chi connectivity index (χ4v) is 2.77. The summed E-state index contributed by atoms with van der Waals surface area (Å²) in [5, 5.41) is 10.9. The number of nitrogen functional groups attached to an aromatic ring is 1. The Balaban J connectivity index is 2.46. The van der Waals surface area contributed by atoms with Crippen LogP contribution in [0.4, 0.5) is 5.69 Å². The minimum absolute atomic E-state index is 0.541. The molecule has 0 aliphatic heterocycles. The van der Waals surface area contributed by atoms with Crippen LogP contribution in [0.1, 0.15) is 10.4 Å². The second kappa shape index (κ2) is 3.44. The zero-order chi connectivity index (χ0) is 12.0. The average Bonchev–Trinajstić information content (AvgIpc) is 2.63. The van der Waals surface area contributed by atoms with Gasteiger partial charge in [-0.05, 0) is 24.6 Å². The van der Waals surface area contributed by atoms with Gasteiger partial charge in [0.1, 0.15) is 15.8 Å². The zero-order valence-electron chi connectivity index (χ0n) is 9.19. The van der Waals surface area contributed by atoms with E-state index in [0.717, 1.165) is 21.1 Å². The van der Waals surface area contributed by atoms with E-state index in [2.05, 4.69) is 11.1 Å². The summed E-state index contributed by atoms with van der Waals surface area (Å²) >= 11 is 1.35. The number of hydrogen-bond donors (Lipinski definition) is 1. The lowest BCUT2D eigenvalue weighted by Crippen LogP contribution is -1.86. The number of rotatable bonds is 0. The standard InChI is InChI=1S/C13H9N3S/c1-7-2-3-8-5-9-12(15)11(6-14)17-13(9)16-10(8)4-7/h2-5H,15H2,1H3. The highest BCUT2D eigenvalue weighted by Gasteiger charge is 2.11. The summed E-state index contributed by atoms with van der Waals surface area (Å²) in [5.74, 6) is 0. The van der Waals surface area contributed by atoms with Crippen molar-refractivity contribution in [1.29, 1.82) is 5.26 Å². The normalized spacial score (nSPS) is 10.8. The first kappa shape index (κ1) is 10.1. The van der Waals surface area contributed by atoms with Gasteiger partial charge in [-0.25, -0.2) is 4.98 Å². The summed E-state index contributed by atoms with van der Waals surface area (Å²) in [7, 11) is 0. The van der Waals surface area contributed by atoms with Gasteiger partial charge in [0.05, 0.1) is 11.2 Å². The zero-order valence-corrected chi connectivity index (χ0v) is 10.0. The maximum Gasteiger partial charge on any atom is 0.130 e. The Morgan fingerprint density at radius 1 is 1.35 bits per heavy atom. The summed E-state index contributed by atoms with van der Waals surface area (Å²) in [6.07, 6.45) is 0. The van der Waals surface area contributed by atoms with Crippen LogP contribution in [0.25, 0.3) is 21.1 Å². The van der Waals surface area contributed by atoms with E-state index < -0.39 is 0 Å². The molecular formula is C13H9N3S. The minimum Gasteiger partial charge on any atom is -0.396 e. The molecule has 1 aromatic carbocycles. The molecule has 2 N–H and O–H groups in total. The van der Waals surface area contributed by atoms with Crippen molar-refractivity contribution in [2.24, 2.45) is 0 Å². The van der Waals surface area contributed by atoms with Crippen LogP contribution in [0, 0.1) is 18.3 Å². The molecule has 0 unspecified atom stereocenters. The van der Waals surface area contributed by atoms with Crippen LogP contribution in [-0.4, -0.2) is 4.98 Å². The molecular weight excluding hydrogens is 230 g/mol. The van der Waals surface area contributed by atoms with Crippen molar-refractivity contribution in [2.45, 2.75) is 6.92 Å². The van der Waals surface area contributed by atoms with Crippen molar-refractivity contribution in [3.05, 3.63) is 34.7 Å². The van der Waals surface area contributed by atoms with E-state index in [1.807, 2.05) is 31.2 Å². The van der Waals surface area contributed by atoms with Crippen LogP contribution in [0.3, 0.4) is 0 Å². The summed E-state index contributed by atoms with van der Waals surface area (Å²) < 4.78 is 0. The fraction of sp³-hybridized carbons (Fsp3) is 0.0769. The highest BCUT2D eigenvalue weighted by atomic mass is 32.1. The number of anilines is 1. The Hall–Kier alpha value is -2.12. The fourth-order valence-electron chi connectivity index (χ4n) is 1.89. The molecule has 82 valence electrons. The van der Waals surface area contributed by atoms with E-state index in [9.17, 15) is 0 Å². The Morgan fingerprint density at radius 3 is 2.94 bits per heavy atom. The van der Waals surface area contributed by atoms with Gasteiger partial charge in [-0.2, -0.15) is 5.26 Å². The summed E-state index contributed by atoms with van der Waals surface area (Å²) in [6.45, 7) is 2.04. The van der Waals surface area contributed by atoms with Crippen molar-refractivity contribution < 1.29 is 0 Å². The second-order valence-corrected chi connectivity index (χ2v) is 4.99. The second-order valence-electron chi connectivity index (χ2n) is 3.99. The van der Waals surface area contributed by atoms with E-state index in [0.29, 0.717) is 10.6 Å². The molecule has 2 heterocycles. The number of fused-ring (bicyclic) bond motifs is 2. The van der Waals surface area contributed by atoms with Crippen molar-refractivity contribution in [3.63, 3.8) is 0 Å². The van der Waals surface area contributed by atoms with Crippen LogP contribution in [0.5, 0.6) is 0 Å². The van der Waals surface area contributed by atoms with Gasteiger partial charge in [-0.1, -0.05) is 12.1 Å². The van der Waals surface area contributed by atoms with Gasteiger partial charge in [-0.15, -0.1) is 11.3 Å². The number of hydrogen-bond acceptors (Lipinski definition) is 4. The number of pyridine rings is 1. The van der Waals surface area contributed by atoms with Gasteiger partial charge in [0.25, 0.3) is 0 Å². The SMILES string of the molecule is Cc1ccc2cc3c(N)c(C#N)sc3nc2c1. The topological polar surface area (TPSA) is 62.7 Å².